The third kappa shape index (κ3) is 7.79. The van der Waals surface area contributed by atoms with Gasteiger partial charge in [0.1, 0.15) is 18.4 Å². The van der Waals surface area contributed by atoms with Gasteiger partial charge in [-0.25, -0.2) is 4.79 Å². The van der Waals surface area contributed by atoms with Crippen LogP contribution in [-0.4, -0.2) is 53.9 Å². The van der Waals surface area contributed by atoms with Gasteiger partial charge in [0.25, 0.3) is 5.91 Å². The first-order valence-electron chi connectivity index (χ1n) is 10.4. The Morgan fingerprint density at radius 2 is 1.88 bits per heavy atom. The number of benzene rings is 2. The van der Waals surface area contributed by atoms with Gasteiger partial charge in [-0.05, 0) is 87.8 Å². The monoisotopic (exact) mass is 539 g/mol. The van der Waals surface area contributed by atoms with Gasteiger partial charge in [0.15, 0.2) is 4.67 Å². The number of furan rings is 1. The summed E-state index contributed by atoms with van der Waals surface area (Å²) in [6, 6.07) is 16.0. The molecule has 0 spiro atoms. The molecule has 0 saturated heterocycles. The molecule has 9 heteroatoms. The number of aryl methyl sites for hydroxylation is 1. The molecule has 0 aliphatic carbocycles. The minimum absolute atomic E-state index is 0. The molecular weight excluding hydrogens is 513 g/mol. The molecule has 1 heterocycles. The molecule has 0 saturated carbocycles. The SMILES string of the molecule is CSCC[C@H](NC(=O)c1ccc(COCc2ccc(Br)o2)cc1-c1ccccc1C)C(=O)O.[LiH]. The van der Waals surface area contributed by atoms with Crippen LogP contribution in [0.5, 0.6) is 0 Å². The molecule has 1 amide bonds. The summed E-state index contributed by atoms with van der Waals surface area (Å²) in [6.07, 6.45) is 2.26. The summed E-state index contributed by atoms with van der Waals surface area (Å²) < 4.78 is 11.9. The number of carboxylic acids is 1. The van der Waals surface area contributed by atoms with Gasteiger partial charge in [0, 0.05) is 5.56 Å². The molecular formula is C25H27BrLiNO5S. The quantitative estimate of drug-likeness (QED) is 0.332. The van der Waals surface area contributed by atoms with E-state index in [0.717, 1.165) is 22.3 Å². The summed E-state index contributed by atoms with van der Waals surface area (Å²) in [4.78, 5) is 24.7. The van der Waals surface area contributed by atoms with Gasteiger partial charge in [-0.1, -0.05) is 30.3 Å². The molecule has 3 aromatic rings. The first-order valence-corrected chi connectivity index (χ1v) is 12.6. The van der Waals surface area contributed by atoms with E-state index in [0.29, 0.717) is 41.4 Å². The molecule has 6 nitrogen and oxygen atoms in total. The zero-order chi connectivity index (χ0) is 23.8. The fourth-order valence-electron chi connectivity index (χ4n) is 3.40. The van der Waals surface area contributed by atoms with Crippen molar-refractivity contribution >= 4 is 58.4 Å². The molecule has 176 valence electrons. The number of ether oxygens (including phenoxy) is 1. The van der Waals surface area contributed by atoms with Crippen LogP contribution < -0.4 is 5.32 Å². The summed E-state index contributed by atoms with van der Waals surface area (Å²) >= 11 is 4.82. The normalized spacial score (nSPS) is 11.5. The Kier molecular flexibility index (Phi) is 11.5. The third-order valence-corrected chi connectivity index (χ3v) is 6.19. The van der Waals surface area contributed by atoms with Crippen molar-refractivity contribution in [2.75, 3.05) is 12.0 Å². The molecule has 0 fully saturated rings. The Bertz CT molecular complexity index is 1120. The van der Waals surface area contributed by atoms with Crippen molar-refractivity contribution in [2.24, 2.45) is 0 Å². The van der Waals surface area contributed by atoms with E-state index in [4.69, 9.17) is 9.15 Å². The zero-order valence-electron chi connectivity index (χ0n) is 18.5. The van der Waals surface area contributed by atoms with Crippen LogP contribution in [0.3, 0.4) is 0 Å². The number of hydrogen-bond donors (Lipinski definition) is 2. The molecule has 1 atom stereocenters. The van der Waals surface area contributed by atoms with Gasteiger partial charge in [-0.15, -0.1) is 0 Å². The topological polar surface area (TPSA) is 88.8 Å². The number of carbonyl (C=O) groups is 2. The molecule has 1 aromatic heterocycles. The van der Waals surface area contributed by atoms with Gasteiger partial charge in [-0.3, -0.25) is 4.79 Å². The predicted octanol–water partition coefficient (Wildman–Crippen LogP) is 5.02. The first-order chi connectivity index (χ1) is 15.9. The average Bonchev–Trinajstić information content (AvgIpc) is 3.21. The van der Waals surface area contributed by atoms with Gasteiger partial charge in [0.2, 0.25) is 0 Å². The van der Waals surface area contributed by atoms with E-state index in [2.05, 4.69) is 21.2 Å². The number of carbonyl (C=O) groups excluding carboxylic acids is 1. The molecule has 0 aliphatic rings. The molecule has 3 rings (SSSR count). The van der Waals surface area contributed by atoms with E-state index in [1.807, 2.05) is 61.7 Å². The number of rotatable bonds is 11. The van der Waals surface area contributed by atoms with Crippen molar-refractivity contribution < 1.29 is 23.8 Å². The zero-order valence-corrected chi connectivity index (χ0v) is 20.9. The van der Waals surface area contributed by atoms with Crippen molar-refractivity contribution in [3.8, 4) is 11.1 Å². The fourth-order valence-corrected chi connectivity index (χ4v) is 4.22. The maximum absolute atomic E-state index is 13.1. The Morgan fingerprint density at radius 1 is 1.12 bits per heavy atom. The number of nitrogens with one attached hydrogen (secondary N) is 1. The number of amides is 1. The van der Waals surface area contributed by atoms with Crippen molar-refractivity contribution in [3.05, 3.63) is 81.7 Å². The molecule has 2 N–H and O–H groups in total. The van der Waals surface area contributed by atoms with Crippen LogP contribution in [0.2, 0.25) is 0 Å². The van der Waals surface area contributed by atoms with Crippen LogP contribution in [-0.2, 0) is 22.7 Å². The summed E-state index contributed by atoms with van der Waals surface area (Å²) in [5, 5.41) is 12.2. The Labute approximate surface area is 224 Å². The third-order valence-electron chi connectivity index (χ3n) is 5.12. The Morgan fingerprint density at radius 3 is 2.53 bits per heavy atom. The average molecular weight is 540 g/mol. The van der Waals surface area contributed by atoms with Crippen LogP contribution in [0.4, 0.5) is 0 Å². The van der Waals surface area contributed by atoms with E-state index in [-0.39, 0.29) is 18.9 Å². The molecule has 0 unspecified atom stereocenters. The van der Waals surface area contributed by atoms with Crippen LogP contribution in [0, 0.1) is 6.92 Å². The van der Waals surface area contributed by atoms with Gasteiger partial charge >= 0.3 is 24.8 Å². The Hall–Kier alpha value is -1.95. The summed E-state index contributed by atoms with van der Waals surface area (Å²) in [5.74, 6) is -0.0919. The van der Waals surface area contributed by atoms with Crippen molar-refractivity contribution in [2.45, 2.75) is 32.6 Å². The molecule has 34 heavy (non-hydrogen) atoms. The fraction of sp³-hybridized carbons (Fsp3) is 0.280. The van der Waals surface area contributed by atoms with Gasteiger partial charge in [-0.2, -0.15) is 11.8 Å². The minimum atomic E-state index is -1.04. The summed E-state index contributed by atoms with van der Waals surface area (Å²) in [7, 11) is 0. The second kappa shape index (κ2) is 13.8. The number of thioether (sulfide) groups is 1. The van der Waals surface area contributed by atoms with E-state index in [1.54, 1.807) is 17.8 Å². The second-order valence-corrected chi connectivity index (χ2v) is 9.31. The van der Waals surface area contributed by atoms with Gasteiger partial charge in [0.05, 0.1) is 6.61 Å². The van der Waals surface area contributed by atoms with Crippen LogP contribution in [0.15, 0.2) is 63.7 Å². The number of carboxylic acid groups (broad SMARTS) is 1. The number of hydrogen-bond acceptors (Lipinski definition) is 5. The molecule has 0 aliphatic heterocycles. The first kappa shape index (κ1) is 28.3. The van der Waals surface area contributed by atoms with Crippen LogP contribution in [0.1, 0.15) is 33.7 Å². The number of halogens is 1. The Balaban J connectivity index is 0.00000408. The van der Waals surface area contributed by atoms with E-state index in [9.17, 15) is 14.7 Å². The maximum atomic E-state index is 13.1. The molecule has 0 radical (unpaired) electrons. The molecule has 2 aromatic carbocycles. The predicted molar refractivity (Wildman–Crippen MR) is 141 cm³/mol. The summed E-state index contributed by atoms with van der Waals surface area (Å²) in [6.45, 7) is 2.64. The van der Waals surface area contributed by atoms with Crippen molar-refractivity contribution in [1.82, 2.24) is 5.32 Å². The van der Waals surface area contributed by atoms with Gasteiger partial charge < -0.3 is 19.6 Å². The van der Waals surface area contributed by atoms with E-state index >= 15 is 0 Å². The summed E-state index contributed by atoms with van der Waals surface area (Å²) in [5.41, 5.74) is 3.99. The second-order valence-electron chi connectivity index (χ2n) is 7.54. The standard InChI is InChI=1S/C25H26BrNO5S.Li.H/c1-16-5-3-4-6-19(16)21-13-17(14-31-15-18-8-10-23(26)32-18)7-9-20(21)24(28)27-22(25(29)30)11-12-33-2;;/h3-10,13,22H,11-12,14-15H2,1-2H3,(H,27,28)(H,29,30);;/t22-;;/m0../s1. The number of aliphatic carboxylic acids is 1. The van der Waals surface area contributed by atoms with Crippen LogP contribution >= 0.6 is 27.7 Å². The molecule has 0 bridgehead atoms. The van der Waals surface area contributed by atoms with E-state index < -0.39 is 17.9 Å². The van der Waals surface area contributed by atoms with Crippen molar-refractivity contribution in [1.29, 1.82) is 0 Å². The van der Waals surface area contributed by atoms with Crippen molar-refractivity contribution in [3.63, 3.8) is 0 Å². The van der Waals surface area contributed by atoms with E-state index in [1.165, 1.54) is 0 Å². The van der Waals surface area contributed by atoms with Crippen LogP contribution in [0.25, 0.3) is 11.1 Å².